The SMILES string of the molecule is CCCCNc1ncc(-c2cc(Cl)ccn2)c(N=C2CCC(O)CC2)n1. The highest BCUT2D eigenvalue weighted by molar-refractivity contribution is 6.30. The van der Waals surface area contributed by atoms with E-state index in [1.807, 2.05) is 0 Å². The molecule has 1 fully saturated rings. The molecule has 1 saturated carbocycles. The number of halogens is 1. The van der Waals surface area contributed by atoms with Crippen molar-refractivity contribution in [3.05, 3.63) is 29.5 Å². The lowest BCUT2D eigenvalue weighted by Crippen LogP contribution is -2.17. The van der Waals surface area contributed by atoms with Gasteiger partial charge in [-0.15, -0.1) is 0 Å². The number of pyridine rings is 1. The third-order valence-electron chi connectivity index (χ3n) is 4.38. The summed E-state index contributed by atoms with van der Waals surface area (Å²) in [4.78, 5) is 18.2. The third-order valence-corrected chi connectivity index (χ3v) is 4.61. The van der Waals surface area contributed by atoms with Gasteiger partial charge in [-0.3, -0.25) is 4.98 Å². The molecule has 0 radical (unpaired) electrons. The minimum atomic E-state index is -0.223. The van der Waals surface area contributed by atoms with E-state index in [-0.39, 0.29) is 6.10 Å². The average molecular weight is 374 g/mol. The second kappa shape index (κ2) is 9.05. The average Bonchev–Trinajstić information content (AvgIpc) is 2.64. The number of anilines is 1. The maximum atomic E-state index is 9.71. The molecule has 2 aromatic rings. The van der Waals surface area contributed by atoms with E-state index >= 15 is 0 Å². The molecule has 7 heteroatoms. The Morgan fingerprint density at radius 1 is 1.31 bits per heavy atom. The maximum absolute atomic E-state index is 9.71. The van der Waals surface area contributed by atoms with E-state index in [1.54, 1.807) is 24.5 Å². The number of nitrogens with one attached hydrogen (secondary N) is 1. The van der Waals surface area contributed by atoms with Gasteiger partial charge in [0, 0.05) is 29.7 Å². The van der Waals surface area contributed by atoms with Crippen molar-refractivity contribution in [3.8, 4) is 11.3 Å². The van der Waals surface area contributed by atoms with Crippen molar-refractivity contribution in [1.29, 1.82) is 0 Å². The largest absolute Gasteiger partial charge is 0.393 e. The normalized spacial score (nSPS) is 17.2. The van der Waals surface area contributed by atoms with Crippen molar-refractivity contribution in [2.45, 2.75) is 51.6 Å². The van der Waals surface area contributed by atoms with Gasteiger partial charge in [-0.05, 0) is 44.2 Å². The van der Waals surface area contributed by atoms with E-state index < -0.39 is 0 Å². The molecule has 2 N–H and O–H groups in total. The van der Waals surface area contributed by atoms with Crippen LogP contribution in [0.1, 0.15) is 45.4 Å². The Labute approximate surface area is 158 Å². The predicted molar refractivity (Wildman–Crippen MR) is 105 cm³/mol. The maximum Gasteiger partial charge on any atom is 0.224 e. The van der Waals surface area contributed by atoms with E-state index in [4.69, 9.17) is 16.6 Å². The quantitative estimate of drug-likeness (QED) is 0.732. The molecule has 0 aliphatic heterocycles. The number of aliphatic hydroxyl groups excluding tert-OH is 1. The van der Waals surface area contributed by atoms with Crippen LogP contribution in [0.4, 0.5) is 11.8 Å². The van der Waals surface area contributed by atoms with Crippen LogP contribution in [0.2, 0.25) is 5.02 Å². The van der Waals surface area contributed by atoms with Crippen LogP contribution in [0, 0.1) is 0 Å². The first-order valence-corrected chi connectivity index (χ1v) is 9.51. The minimum Gasteiger partial charge on any atom is -0.393 e. The van der Waals surface area contributed by atoms with Gasteiger partial charge in [0.25, 0.3) is 0 Å². The van der Waals surface area contributed by atoms with Gasteiger partial charge in [0.05, 0.1) is 17.4 Å². The number of hydrogen-bond donors (Lipinski definition) is 2. The Morgan fingerprint density at radius 2 is 2.12 bits per heavy atom. The van der Waals surface area contributed by atoms with Gasteiger partial charge in [0.2, 0.25) is 5.95 Å². The first kappa shape index (κ1) is 18.7. The Balaban J connectivity index is 1.93. The summed E-state index contributed by atoms with van der Waals surface area (Å²) in [6.07, 6.45) is 8.41. The Bertz CT molecular complexity index is 770. The van der Waals surface area contributed by atoms with Crippen molar-refractivity contribution < 1.29 is 5.11 Å². The molecule has 138 valence electrons. The van der Waals surface area contributed by atoms with E-state index in [1.165, 1.54) is 0 Å². The van der Waals surface area contributed by atoms with Crippen molar-refractivity contribution >= 4 is 29.1 Å². The van der Waals surface area contributed by atoms with Crippen LogP contribution in [0.3, 0.4) is 0 Å². The molecular weight excluding hydrogens is 350 g/mol. The molecule has 0 unspecified atom stereocenters. The Morgan fingerprint density at radius 3 is 2.85 bits per heavy atom. The van der Waals surface area contributed by atoms with Gasteiger partial charge in [0.15, 0.2) is 5.82 Å². The van der Waals surface area contributed by atoms with Gasteiger partial charge < -0.3 is 10.4 Å². The lowest BCUT2D eigenvalue weighted by molar-refractivity contribution is 0.152. The molecule has 2 heterocycles. The predicted octanol–water partition coefficient (Wildman–Crippen LogP) is 4.41. The van der Waals surface area contributed by atoms with Crippen molar-refractivity contribution in [1.82, 2.24) is 15.0 Å². The summed E-state index contributed by atoms with van der Waals surface area (Å²) in [5.41, 5.74) is 2.51. The molecule has 6 nitrogen and oxygen atoms in total. The molecule has 1 aliphatic carbocycles. The number of aliphatic hydroxyl groups is 1. The standard InChI is InChI=1S/C19H24ClN5O/c1-2-3-9-22-19-23-12-16(17-11-13(20)8-10-21-17)18(25-19)24-14-4-6-15(26)7-5-14/h8,10-12,15,26H,2-7,9H2,1H3,(H,22,23,25). The van der Waals surface area contributed by atoms with Crippen molar-refractivity contribution in [3.63, 3.8) is 0 Å². The summed E-state index contributed by atoms with van der Waals surface area (Å²) in [7, 11) is 0. The number of aliphatic imine (C=N–C) groups is 1. The van der Waals surface area contributed by atoms with Crippen LogP contribution in [-0.2, 0) is 0 Å². The summed E-state index contributed by atoms with van der Waals surface area (Å²) in [6.45, 7) is 2.97. The van der Waals surface area contributed by atoms with Crippen LogP contribution in [-0.4, -0.2) is 38.4 Å². The Hall–Kier alpha value is -2.05. The number of hydrogen-bond acceptors (Lipinski definition) is 6. The topological polar surface area (TPSA) is 83.3 Å². The molecule has 26 heavy (non-hydrogen) atoms. The molecule has 0 saturated heterocycles. The monoisotopic (exact) mass is 373 g/mol. The first-order chi connectivity index (χ1) is 12.7. The van der Waals surface area contributed by atoms with Crippen LogP contribution in [0.15, 0.2) is 29.5 Å². The van der Waals surface area contributed by atoms with E-state index in [9.17, 15) is 5.11 Å². The molecular formula is C19H24ClN5O. The van der Waals surface area contributed by atoms with E-state index in [0.29, 0.717) is 22.5 Å². The van der Waals surface area contributed by atoms with E-state index in [0.717, 1.165) is 56.3 Å². The lowest BCUT2D eigenvalue weighted by atomic mass is 9.96. The zero-order valence-corrected chi connectivity index (χ0v) is 15.7. The molecule has 0 aromatic carbocycles. The van der Waals surface area contributed by atoms with E-state index in [2.05, 4.69) is 27.2 Å². The van der Waals surface area contributed by atoms with Gasteiger partial charge in [-0.25, -0.2) is 9.98 Å². The van der Waals surface area contributed by atoms with Crippen LogP contribution in [0.5, 0.6) is 0 Å². The fourth-order valence-corrected chi connectivity index (χ4v) is 3.01. The number of nitrogens with zero attached hydrogens (tertiary/aromatic N) is 4. The molecule has 0 bridgehead atoms. The highest BCUT2D eigenvalue weighted by Gasteiger charge is 2.17. The molecule has 1 aliphatic rings. The molecule has 0 amide bonds. The Kier molecular flexibility index (Phi) is 6.52. The summed E-state index contributed by atoms with van der Waals surface area (Å²) in [5, 5.41) is 13.6. The number of unbranched alkanes of at least 4 members (excludes halogenated alkanes) is 1. The van der Waals surface area contributed by atoms with Gasteiger partial charge >= 0.3 is 0 Å². The summed E-state index contributed by atoms with van der Waals surface area (Å²) < 4.78 is 0. The fraction of sp³-hybridized carbons (Fsp3) is 0.474. The number of rotatable bonds is 6. The second-order valence-electron chi connectivity index (χ2n) is 6.48. The van der Waals surface area contributed by atoms with Crippen LogP contribution in [0.25, 0.3) is 11.3 Å². The van der Waals surface area contributed by atoms with Crippen LogP contribution < -0.4 is 5.32 Å². The van der Waals surface area contributed by atoms with Crippen molar-refractivity contribution in [2.75, 3.05) is 11.9 Å². The summed E-state index contributed by atoms with van der Waals surface area (Å²) in [6, 6.07) is 3.53. The van der Waals surface area contributed by atoms with Gasteiger partial charge in [-0.2, -0.15) is 4.98 Å². The second-order valence-corrected chi connectivity index (χ2v) is 6.92. The molecule has 0 atom stereocenters. The molecule has 2 aromatic heterocycles. The zero-order valence-electron chi connectivity index (χ0n) is 15.0. The smallest absolute Gasteiger partial charge is 0.224 e. The molecule has 0 spiro atoms. The van der Waals surface area contributed by atoms with Gasteiger partial charge in [-0.1, -0.05) is 24.9 Å². The van der Waals surface area contributed by atoms with Gasteiger partial charge in [0.1, 0.15) is 0 Å². The van der Waals surface area contributed by atoms with Crippen LogP contribution >= 0.6 is 11.6 Å². The third kappa shape index (κ3) is 4.99. The number of aromatic nitrogens is 3. The highest BCUT2D eigenvalue weighted by atomic mass is 35.5. The highest BCUT2D eigenvalue weighted by Crippen LogP contribution is 2.30. The lowest BCUT2D eigenvalue weighted by Gasteiger charge is -2.18. The molecule has 3 rings (SSSR count). The summed E-state index contributed by atoms with van der Waals surface area (Å²) >= 11 is 6.11. The first-order valence-electron chi connectivity index (χ1n) is 9.13. The minimum absolute atomic E-state index is 0.223. The summed E-state index contributed by atoms with van der Waals surface area (Å²) in [5.74, 6) is 1.17. The zero-order chi connectivity index (χ0) is 18.4. The van der Waals surface area contributed by atoms with Crippen molar-refractivity contribution in [2.24, 2.45) is 4.99 Å². The fourth-order valence-electron chi connectivity index (χ4n) is 2.85.